The largest absolute Gasteiger partial charge is 0.481 e. The molecule has 0 aliphatic heterocycles. The van der Waals surface area contributed by atoms with E-state index in [4.69, 9.17) is 9.63 Å². The van der Waals surface area contributed by atoms with E-state index in [9.17, 15) is 4.79 Å². The Labute approximate surface area is 112 Å². The van der Waals surface area contributed by atoms with Crippen molar-refractivity contribution in [3.8, 4) is 11.3 Å². The van der Waals surface area contributed by atoms with Gasteiger partial charge < -0.3 is 9.63 Å². The molecule has 0 radical (unpaired) electrons. The molecule has 0 aliphatic rings. The van der Waals surface area contributed by atoms with Gasteiger partial charge in [0.05, 0.1) is 0 Å². The molecule has 2 aromatic rings. The van der Waals surface area contributed by atoms with Crippen LogP contribution in [0.1, 0.15) is 32.1 Å². The molecule has 1 aromatic heterocycles. The van der Waals surface area contributed by atoms with Crippen LogP contribution in [0.3, 0.4) is 0 Å². The van der Waals surface area contributed by atoms with Crippen LogP contribution in [-0.4, -0.2) is 16.2 Å². The maximum absolute atomic E-state index is 10.6. The lowest BCUT2D eigenvalue weighted by Gasteiger charge is -2.18. The van der Waals surface area contributed by atoms with Gasteiger partial charge in [0, 0.05) is 11.6 Å². The summed E-state index contributed by atoms with van der Waals surface area (Å²) in [6.45, 7) is 6.47. The van der Waals surface area contributed by atoms with Crippen LogP contribution < -0.4 is 0 Å². The predicted octanol–water partition coefficient (Wildman–Crippen LogP) is 3.27. The zero-order valence-corrected chi connectivity index (χ0v) is 11.3. The molecular weight excluding hydrogens is 242 g/mol. The van der Waals surface area contributed by atoms with Gasteiger partial charge in [0.25, 0.3) is 0 Å². The van der Waals surface area contributed by atoms with E-state index in [1.165, 1.54) is 5.56 Å². The van der Waals surface area contributed by atoms with Crippen molar-refractivity contribution in [3.05, 3.63) is 41.7 Å². The quantitative estimate of drug-likeness (QED) is 0.918. The number of rotatable bonds is 3. The molecule has 0 fully saturated rings. The molecule has 4 heteroatoms. The summed E-state index contributed by atoms with van der Waals surface area (Å²) in [5.74, 6) is -0.562. The maximum Gasteiger partial charge on any atom is 0.311 e. The second kappa shape index (κ2) is 4.88. The summed E-state index contributed by atoms with van der Waals surface area (Å²) in [6, 6.07) is 9.73. The van der Waals surface area contributed by atoms with Gasteiger partial charge in [-0.05, 0) is 11.0 Å². The molecule has 1 heterocycles. The third-order valence-corrected chi connectivity index (χ3v) is 2.93. The van der Waals surface area contributed by atoms with Gasteiger partial charge in [-0.1, -0.05) is 50.2 Å². The molecule has 0 bridgehead atoms. The van der Waals surface area contributed by atoms with E-state index >= 15 is 0 Å². The summed E-state index contributed by atoms with van der Waals surface area (Å²) < 4.78 is 5.00. The van der Waals surface area contributed by atoms with Crippen molar-refractivity contribution in [3.63, 3.8) is 0 Å². The number of benzene rings is 1. The van der Waals surface area contributed by atoms with Crippen LogP contribution in [0.15, 0.2) is 34.9 Å². The number of carbonyl (C=O) groups is 1. The molecule has 1 N–H and O–H groups in total. The van der Waals surface area contributed by atoms with Gasteiger partial charge in [-0.2, -0.15) is 0 Å². The molecule has 0 saturated carbocycles. The first kappa shape index (κ1) is 13.3. The minimum Gasteiger partial charge on any atom is -0.481 e. The summed E-state index contributed by atoms with van der Waals surface area (Å²) in [7, 11) is 0. The van der Waals surface area contributed by atoms with E-state index in [0.717, 1.165) is 5.56 Å². The van der Waals surface area contributed by atoms with Crippen molar-refractivity contribution in [2.24, 2.45) is 0 Å². The third kappa shape index (κ3) is 3.22. The Balaban J connectivity index is 2.23. The predicted molar refractivity (Wildman–Crippen MR) is 72.0 cm³/mol. The van der Waals surface area contributed by atoms with Crippen molar-refractivity contribution in [1.82, 2.24) is 5.16 Å². The van der Waals surface area contributed by atoms with Crippen LogP contribution in [-0.2, 0) is 16.6 Å². The van der Waals surface area contributed by atoms with Crippen molar-refractivity contribution in [1.29, 1.82) is 0 Å². The molecular formula is C15H17NO3. The van der Waals surface area contributed by atoms with E-state index in [2.05, 4.69) is 38.1 Å². The molecule has 100 valence electrons. The zero-order chi connectivity index (χ0) is 14.0. The first-order valence-electron chi connectivity index (χ1n) is 6.14. The number of hydrogen-bond donors (Lipinski definition) is 1. The standard InChI is InChI=1S/C15H17NO3/c1-15(2,3)11-6-4-10(5-7-11)13-8-12(19-16-13)9-14(17)18/h4-8H,9H2,1-3H3,(H,17,18). The molecule has 0 atom stereocenters. The molecule has 0 amide bonds. The molecule has 0 saturated heterocycles. The van der Waals surface area contributed by atoms with Gasteiger partial charge in [-0.15, -0.1) is 0 Å². The Morgan fingerprint density at radius 2 is 1.89 bits per heavy atom. The third-order valence-electron chi connectivity index (χ3n) is 2.93. The van der Waals surface area contributed by atoms with Crippen molar-refractivity contribution in [2.75, 3.05) is 0 Å². The average molecular weight is 259 g/mol. The highest BCUT2D eigenvalue weighted by Gasteiger charge is 2.14. The topological polar surface area (TPSA) is 63.3 Å². The van der Waals surface area contributed by atoms with E-state index in [1.807, 2.05) is 12.1 Å². The fourth-order valence-electron chi connectivity index (χ4n) is 1.82. The normalized spacial score (nSPS) is 11.5. The van der Waals surface area contributed by atoms with Crippen LogP contribution in [0.4, 0.5) is 0 Å². The zero-order valence-electron chi connectivity index (χ0n) is 11.3. The van der Waals surface area contributed by atoms with Crippen LogP contribution in [0.5, 0.6) is 0 Å². The van der Waals surface area contributed by atoms with Crippen LogP contribution in [0.2, 0.25) is 0 Å². The molecule has 1 aromatic carbocycles. The highest BCUT2D eigenvalue weighted by Crippen LogP contribution is 2.26. The van der Waals surface area contributed by atoms with Gasteiger partial charge in [0.2, 0.25) is 0 Å². The van der Waals surface area contributed by atoms with Crippen LogP contribution >= 0.6 is 0 Å². The average Bonchev–Trinajstić information content (AvgIpc) is 2.75. The highest BCUT2D eigenvalue weighted by atomic mass is 16.5. The van der Waals surface area contributed by atoms with Gasteiger partial charge in [-0.25, -0.2) is 0 Å². The number of nitrogens with zero attached hydrogens (tertiary/aromatic N) is 1. The fraction of sp³-hybridized carbons (Fsp3) is 0.333. The summed E-state index contributed by atoms with van der Waals surface area (Å²) in [5.41, 5.74) is 2.94. The second-order valence-corrected chi connectivity index (χ2v) is 5.58. The molecule has 2 rings (SSSR count). The number of carboxylic acids is 1. The Morgan fingerprint density at radius 3 is 2.42 bits per heavy atom. The summed E-state index contributed by atoms with van der Waals surface area (Å²) in [5, 5.41) is 12.6. The monoisotopic (exact) mass is 259 g/mol. The second-order valence-electron chi connectivity index (χ2n) is 5.58. The summed E-state index contributed by atoms with van der Waals surface area (Å²) >= 11 is 0. The molecule has 4 nitrogen and oxygen atoms in total. The lowest BCUT2D eigenvalue weighted by molar-refractivity contribution is -0.136. The van der Waals surface area contributed by atoms with E-state index in [-0.39, 0.29) is 11.8 Å². The molecule has 19 heavy (non-hydrogen) atoms. The van der Waals surface area contributed by atoms with Gasteiger partial charge >= 0.3 is 5.97 Å². The van der Waals surface area contributed by atoms with Crippen molar-refractivity contribution < 1.29 is 14.4 Å². The maximum atomic E-state index is 10.6. The molecule has 0 spiro atoms. The van der Waals surface area contributed by atoms with Crippen molar-refractivity contribution in [2.45, 2.75) is 32.6 Å². The number of hydrogen-bond acceptors (Lipinski definition) is 3. The van der Waals surface area contributed by atoms with Crippen LogP contribution in [0.25, 0.3) is 11.3 Å². The lowest BCUT2D eigenvalue weighted by atomic mass is 9.86. The summed E-state index contributed by atoms with van der Waals surface area (Å²) in [6.07, 6.45) is -0.146. The van der Waals surface area contributed by atoms with E-state index in [0.29, 0.717) is 11.5 Å². The van der Waals surface area contributed by atoms with E-state index in [1.54, 1.807) is 6.07 Å². The SMILES string of the molecule is CC(C)(C)c1ccc(-c2cc(CC(=O)O)on2)cc1. The smallest absolute Gasteiger partial charge is 0.311 e. The first-order chi connectivity index (χ1) is 8.86. The molecule has 0 aliphatic carbocycles. The fourth-order valence-corrected chi connectivity index (χ4v) is 1.82. The highest BCUT2D eigenvalue weighted by molar-refractivity contribution is 5.70. The Morgan fingerprint density at radius 1 is 1.26 bits per heavy atom. The Bertz CT molecular complexity index is 576. The van der Waals surface area contributed by atoms with Crippen molar-refractivity contribution >= 4 is 5.97 Å². The minimum atomic E-state index is -0.925. The van der Waals surface area contributed by atoms with E-state index < -0.39 is 5.97 Å². The minimum absolute atomic E-state index is 0.108. The van der Waals surface area contributed by atoms with Crippen LogP contribution in [0, 0.1) is 0 Å². The molecule has 0 unspecified atom stereocenters. The number of aromatic nitrogens is 1. The Hall–Kier alpha value is -2.10. The van der Waals surface area contributed by atoms with Gasteiger partial charge in [0.15, 0.2) is 0 Å². The Kier molecular flexibility index (Phi) is 3.42. The van der Waals surface area contributed by atoms with Gasteiger partial charge in [0.1, 0.15) is 17.9 Å². The summed E-state index contributed by atoms with van der Waals surface area (Å²) in [4.78, 5) is 10.6. The van der Waals surface area contributed by atoms with Gasteiger partial charge in [-0.3, -0.25) is 4.79 Å². The number of carboxylic acid groups (broad SMARTS) is 1. The lowest BCUT2D eigenvalue weighted by Crippen LogP contribution is -2.10. The first-order valence-corrected chi connectivity index (χ1v) is 6.14. The number of aliphatic carboxylic acids is 1.